The van der Waals surface area contributed by atoms with Gasteiger partial charge in [0.2, 0.25) is 0 Å². The maximum absolute atomic E-state index is 6.26. The molecule has 1 aromatic heterocycles. The minimum Gasteiger partial charge on any atom is -0.455 e. The van der Waals surface area contributed by atoms with Crippen molar-refractivity contribution in [1.29, 1.82) is 0 Å². The zero-order valence-electron chi connectivity index (χ0n) is 11.8. The summed E-state index contributed by atoms with van der Waals surface area (Å²) < 4.78 is 7.33. The Morgan fingerprint density at radius 3 is 1.64 bits per heavy atom. The van der Waals surface area contributed by atoms with Crippen LogP contribution in [0.15, 0.2) is 87.8 Å². The second-order valence-corrected chi connectivity index (χ2v) is 6.09. The van der Waals surface area contributed by atoms with E-state index in [1.54, 1.807) is 0 Å². The molecule has 3 aromatic carbocycles. The van der Waals surface area contributed by atoms with Crippen LogP contribution in [0.3, 0.4) is 0 Å². The van der Waals surface area contributed by atoms with Gasteiger partial charge in [0.1, 0.15) is 11.5 Å². The highest BCUT2D eigenvalue weighted by Gasteiger charge is 2.15. The van der Waals surface area contributed by atoms with Crippen LogP contribution in [0.1, 0.15) is 0 Å². The SMILES string of the molecule is Brc1ccc(-c2oc(-c3ccccc3)c3ccccc23)cc1. The van der Waals surface area contributed by atoms with E-state index in [1.807, 2.05) is 30.3 Å². The van der Waals surface area contributed by atoms with Gasteiger partial charge < -0.3 is 4.42 Å². The van der Waals surface area contributed by atoms with Crippen LogP contribution in [0, 0.1) is 0 Å². The molecule has 4 rings (SSSR count). The number of rotatable bonds is 2. The number of benzene rings is 3. The lowest BCUT2D eigenvalue weighted by Crippen LogP contribution is -1.74. The molecule has 0 aliphatic heterocycles. The molecule has 0 fully saturated rings. The molecule has 0 amide bonds. The molecule has 0 N–H and O–H groups in total. The molecular weight excluding hydrogens is 336 g/mol. The lowest BCUT2D eigenvalue weighted by atomic mass is 10.0. The van der Waals surface area contributed by atoms with Crippen molar-refractivity contribution in [3.05, 3.63) is 83.3 Å². The largest absolute Gasteiger partial charge is 0.455 e. The summed E-state index contributed by atoms with van der Waals surface area (Å²) in [7, 11) is 0. The third-order valence-corrected chi connectivity index (χ3v) is 4.29. The molecule has 0 radical (unpaired) electrons. The number of fused-ring (bicyclic) bond motifs is 1. The molecule has 1 nitrogen and oxygen atoms in total. The van der Waals surface area contributed by atoms with Crippen molar-refractivity contribution in [2.24, 2.45) is 0 Å². The third kappa shape index (κ3) is 2.26. The smallest absolute Gasteiger partial charge is 0.142 e. The van der Waals surface area contributed by atoms with Gasteiger partial charge in [0.25, 0.3) is 0 Å². The first-order valence-electron chi connectivity index (χ1n) is 7.16. The summed E-state index contributed by atoms with van der Waals surface area (Å²) in [5.74, 6) is 1.84. The Hall–Kier alpha value is -2.32. The second-order valence-electron chi connectivity index (χ2n) is 5.18. The van der Waals surface area contributed by atoms with Gasteiger partial charge in [-0.1, -0.05) is 82.7 Å². The van der Waals surface area contributed by atoms with Gasteiger partial charge >= 0.3 is 0 Å². The maximum atomic E-state index is 6.26. The van der Waals surface area contributed by atoms with Gasteiger partial charge in [-0.25, -0.2) is 0 Å². The van der Waals surface area contributed by atoms with E-state index >= 15 is 0 Å². The summed E-state index contributed by atoms with van der Waals surface area (Å²) in [5.41, 5.74) is 2.18. The zero-order chi connectivity index (χ0) is 14.9. The quantitative estimate of drug-likeness (QED) is 0.401. The van der Waals surface area contributed by atoms with Crippen LogP contribution >= 0.6 is 15.9 Å². The molecule has 22 heavy (non-hydrogen) atoms. The molecule has 0 bridgehead atoms. The van der Waals surface area contributed by atoms with E-state index < -0.39 is 0 Å². The van der Waals surface area contributed by atoms with Crippen molar-refractivity contribution in [3.8, 4) is 22.6 Å². The standard InChI is InChI=1S/C20H13BrO/c21-16-12-10-15(11-13-16)20-18-9-5-4-8-17(18)19(22-20)14-6-2-1-3-7-14/h1-13H. The predicted molar refractivity (Wildman–Crippen MR) is 94.8 cm³/mol. The Morgan fingerprint density at radius 2 is 1.05 bits per heavy atom. The fourth-order valence-corrected chi connectivity index (χ4v) is 2.98. The van der Waals surface area contributed by atoms with Gasteiger partial charge in [0.05, 0.1) is 0 Å². The highest BCUT2D eigenvalue weighted by atomic mass is 79.9. The highest BCUT2D eigenvalue weighted by molar-refractivity contribution is 9.10. The summed E-state index contributed by atoms with van der Waals surface area (Å²) in [5, 5.41) is 2.29. The first-order valence-corrected chi connectivity index (χ1v) is 7.95. The number of hydrogen-bond acceptors (Lipinski definition) is 1. The summed E-state index contributed by atoms with van der Waals surface area (Å²) >= 11 is 3.48. The lowest BCUT2D eigenvalue weighted by molar-refractivity contribution is 0.602. The fourth-order valence-electron chi connectivity index (χ4n) is 2.71. The van der Waals surface area contributed by atoms with Crippen molar-refractivity contribution >= 4 is 26.7 Å². The molecule has 0 saturated carbocycles. The topological polar surface area (TPSA) is 13.1 Å². The van der Waals surface area contributed by atoms with E-state index in [4.69, 9.17) is 4.42 Å². The zero-order valence-corrected chi connectivity index (χ0v) is 13.4. The maximum Gasteiger partial charge on any atom is 0.142 e. The van der Waals surface area contributed by atoms with Crippen LogP contribution < -0.4 is 0 Å². The van der Waals surface area contributed by atoms with Crippen LogP contribution in [0.2, 0.25) is 0 Å². The number of halogens is 1. The molecule has 106 valence electrons. The van der Waals surface area contributed by atoms with Crippen LogP contribution in [0.5, 0.6) is 0 Å². The van der Waals surface area contributed by atoms with Crippen LogP contribution in [-0.4, -0.2) is 0 Å². The van der Waals surface area contributed by atoms with E-state index in [2.05, 4.69) is 64.5 Å². The Balaban J connectivity index is 1.99. The van der Waals surface area contributed by atoms with Gasteiger partial charge in [0, 0.05) is 26.4 Å². The van der Waals surface area contributed by atoms with E-state index in [9.17, 15) is 0 Å². The molecule has 0 saturated heterocycles. The van der Waals surface area contributed by atoms with Crippen LogP contribution in [-0.2, 0) is 0 Å². The molecule has 0 spiro atoms. The summed E-state index contributed by atoms with van der Waals surface area (Å²) in [6, 6.07) is 26.8. The first-order chi connectivity index (χ1) is 10.8. The fraction of sp³-hybridized carbons (Fsp3) is 0. The molecule has 2 heteroatoms. The Labute approximate surface area is 137 Å². The van der Waals surface area contributed by atoms with Gasteiger partial charge in [-0.05, 0) is 12.1 Å². The van der Waals surface area contributed by atoms with Crippen molar-refractivity contribution in [2.45, 2.75) is 0 Å². The van der Waals surface area contributed by atoms with Gasteiger partial charge in [-0.2, -0.15) is 0 Å². The first kappa shape index (κ1) is 13.4. The van der Waals surface area contributed by atoms with Crippen LogP contribution in [0.25, 0.3) is 33.4 Å². The Bertz CT molecular complexity index is 921. The molecule has 0 unspecified atom stereocenters. The third-order valence-electron chi connectivity index (χ3n) is 3.76. The minimum absolute atomic E-state index is 0.918. The molecule has 4 aromatic rings. The van der Waals surface area contributed by atoms with E-state index in [1.165, 1.54) is 0 Å². The van der Waals surface area contributed by atoms with Crippen molar-refractivity contribution in [3.63, 3.8) is 0 Å². The molecule has 0 aliphatic rings. The van der Waals surface area contributed by atoms with Gasteiger partial charge in [0.15, 0.2) is 0 Å². The minimum atomic E-state index is 0.918. The Kier molecular flexibility index (Phi) is 3.32. The van der Waals surface area contributed by atoms with E-state index in [0.717, 1.165) is 37.9 Å². The normalized spacial score (nSPS) is 11.0. The van der Waals surface area contributed by atoms with Crippen molar-refractivity contribution < 1.29 is 4.42 Å². The summed E-state index contributed by atoms with van der Waals surface area (Å²) in [4.78, 5) is 0. The molecule has 1 heterocycles. The Morgan fingerprint density at radius 1 is 0.545 bits per heavy atom. The van der Waals surface area contributed by atoms with Crippen LogP contribution in [0.4, 0.5) is 0 Å². The monoisotopic (exact) mass is 348 g/mol. The summed E-state index contributed by atoms with van der Waals surface area (Å²) in [6.07, 6.45) is 0. The highest BCUT2D eigenvalue weighted by Crippen LogP contribution is 2.39. The lowest BCUT2D eigenvalue weighted by Gasteiger charge is -1.99. The summed E-state index contributed by atoms with van der Waals surface area (Å²) in [6.45, 7) is 0. The number of hydrogen-bond donors (Lipinski definition) is 0. The second kappa shape index (κ2) is 5.47. The van der Waals surface area contributed by atoms with E-state index in [-0.39, 0.29) is 0 Å². The molecule has 0 aliphatic carbocycles. The molecular formula is C20H13BrO. The van der Waals surface area contributed by atoms with Crippen molar-refractivity contribution in [2.75, 3.05) is 0 Å². The van der Waals surface area contributed by atoms with Crippen molar-refractivity contribution in [1.82, 2.24) is 0 Å². The molecule has 0 atom stereocenters. The average molecular weight is 349 g/mol. The average Bonchev–Trinajstić information content (AvgIpc) is 2.96. The number of furan rings is 1. The van der Waals surface area contributed by atoms with Gasteiger partial charge in [-0.3, -0.25) is 0 Å². The van der Waals surface area contributed by atoms with Gasteiger partial charge in [-0.15, -0.1) is 0 Å². The predicted octanol–water partition coefficient (Wildman–Crippen LogP) is 6.53. The van der Waals surface area contributed by atoms with E-state index in [0.29, 0.717) is 0 Å².